The van der Waals surface area contributed by atoms with Gasteiger partial charge < -0.3 is 14.5 Å². The zero-order chi connectivity index (χ0) is 13.8. The van der Waals surface area contributed by atoms with Crippen LogP contribution in [0.1, 0.15) is 40.7 Å². The summed E-state index contributed by atoms with van der Waals surface area (Å²) in [5.41, 5.74) is 0.451. The number of H-pyrrole nitrogens is 1. The molecule has 2 heterocycles. The summed E-state index contributed by atoms with van der Waals surface area (Å²) in [6.45, 7) is 4.17. The highest BCUT2D eigenvalue weighted by atomic mass is 16.5. The number of aromatic amines is 1. The lowest BCUT2D eigenvalue weighted by atomic mass is 10.2. The number of carbonyl (C=O) groups excluding carboxylic acids is 1. The third kappa shape index (κ3) is 3.00. The quantitative estimate of drug-likeness (QED) is 0.792. The fourth-order valence-corrected chi connectivity index (χ4v) is 1.72. The van der Waals surface area contributed by atoms with E-state index in [1.165, 1.54) is 13.4 Å². The molecule has 0 radical (unpaired) electrons. The number of ether oxygens (including phenoxy) is 1. The molecule has 2 N–H and O–H groups in total. The summed E-state index contributed by atoms with van der Waals surface area (Å²) >= 11 is 0. The lowest BCUT2D eigenvalue weighted by molar-refractivity contribution is 0.0599. The number of carbonyl (C=O) groups is 1. The largest absolute Gasteiger partial charge is 0.465 e. The van der Waals surface area contributed by atoms with Gasteiger partial charge in [0, 0.05) is 0 Å². The van der Waals surface area contributed by atoms with Crippen molar-refractivity contribution in [1.29, 1.82) is 0 Å². The van der Waals surface area contributed by atoms with Crippen molar-refractivity contribution in [3.8, 4) is 0 Å². The summed E-state index contributed by atoms with van der Waals surface area (Å²) in [5.74, 6) is 1.58. The van der Waals surface area contributed by atoms with Crippen molar-refractivity contribution in [2.45, 2.75) is 26.4 Å². The summed E-state index contributed by atoms with van der Waals surface area (Å²) < 4.78 is 10.2. The maximum Gasteiger partial charge on any atom is 0.341 e. The number of aromatic nitrogens is 3. The number of methoxy groups -OCH3 is 1. The predicted octanol–water partition coefficient (Wildman–Crippen LogP) is 1.34. The lowest BCUT2D eigenvalue weighted by Crippen LogP contribution is -2.18. The van der Waals surface area contributed by atoms with Gasteiger partial charge in [0.1, 0.15) is 29.2 Å². The molecule has 0 aliphatic rings. The van der Waals surface area contributed by atoms with E-state index >= 15 is 0 Å². The predicted molar refractivity (Wildman–Crippen MR) is 66.4 cm³/mol. The first-order valence-electron chi connectivity index (χ1n) is 5.88. The molecule has 2 rings (SSSR count). The molecule has 1 atom stereocenters. The molecule has 7 heteroatoms. The Morgan fingerprint density at radius 3 is 3.05 bits per heavy atom. The van der Waals surface area contributed by atoms with Crippen molar-refractivity contribution in [3.63, 3.8) is 0 Å². The smallest absolute Gasteiger partial charge is 0.341 e. The molecule has 0 aliphatic carbocycles. The molecule has 2 aromatic heterocycles. The van der Waals surface area contributed by atoms with Gasteiger partial charge >= 0.3 is 5.97 Å². The lowest BCUT2D eigenvalue weighted by Gasteiger charge is -2.08. The maximum atomic E-state index is 11.4. The van der Waals surface area contributed by atoms with Crippen LogP contribution >= 0.6 is 0 Å². The molecule has 0 saturated carbocycles. The molecule has 0 aliphatic heterocycles. The van der Waals surface area contributed by atoms with Crippen LogP contribution < -0.4 is 5.32 Å². The highest BCUT2D eigenvalue weighted by Gasteiger charge is 2.16. The van der Waals surface area contributed by atoms with Gasteiger partial charge in [0.25, 0.3) is 0 Å². The van der Waals surface area contributed by atoms with E-state index in [4.69, 9.17) is 4.42 Å². The summed E-state index contributed by atoms with van der Waals surface area (Å²) in [7, 11) is 1.35. The molecule has 1 unspecified atom stereocenters. The fraction of sp³-hybridized carbons (Fsp3) is 0.417. The van der Waals surface area contributed by atoms with Gasteiger partial charge in [-0.05, 0) is 19.9 Å². The van der Waals surface area contributed by atoms with Crippen LogP contribution in [0.5, 0.6) is 0 Å². The van der Waals surface area contributed by atoms with Gasteiger partial charge in [-0.15, -0.1) is 0 Å². The Balaban J connectivity index is 1.98. The molecule has 0 aromatic carbocycles. The van der Waals surface area contributed by atoms with E-state index in [1.54, 1.807) is 13.0 Å². The van der Waals surface area contributed by atoms with Crippen LogP contribution in [0.3, 0.4) is 0 Å². The molecule has 0 spiro atoms. The van der Waals surface area contributed by atoms with Gasteiger partial charge in [-0.2, -0.15) is 5.10 Å². The number of hydrogen-bond acceptors (Lipinski definition) is 6. The van der Waals surface area contributed by atoms with Crippen LogP contribution in [0, 0.1) is 6.92 Å². The van der Waals surface area contributed by atoms with Crippen molar-refractivity contribution < 1.29 is 13.9 Å². The van der Waals surface area contributed by atoms with E-state index in [0.29, 0.717) is 23.6 Å². The number of aryl methyl sites for hydroxylation is 1. The molecule has 0 saturated heterocycles. The SMILES string of the molecule is COC(=O)c1cc(CNC(C)c2ncn[nH]2)oc1C. The minimum atomic E-state index is -0.393. The number of rotatable bonds is 5. The molecule has 7 nitrogen and oxygen atoms in total. The zero-order valence-corrected chi connectivity index (χ0v) is 11.1. The van der Waals surface area contributed by atoms with Gasteiger partial charge in [0.2, 0.25) is 0 Å². The van der Waals surface area contributed by atoms with Gasteiger partial charge in [0.15, 0.2) is 0 Å². The van der Waals surface area contributed by atoms with Crippen LogP contribution in [-0.2, 0) is 11.3 Å². The standard InChI is InChI=1S/C12H16N4O3/c1-7(11-14-6-15-16-11)13-5-9-4-10(8(2)19-9)12(17)18-3/h4,6-7,13H,5H2,1-3H3,(H,14,15,16). The van der Waals surface area contributed by atoms with Crippen molar-refractivity contribution in [2.24, 2.45) is 0 Å². The second-order valence-electron chi connectivity index (χ2n) is 4.15. The third-order valence-electron chi connectivity index (χ3n) is 2.80. The van der Waals surface area contributed by atoms with E-state index in [0.717, 1.165) is 5.82 Å². The fourth-order valence-electron chi connectivity index (χ4n) is 1.72. The summed E-state index contributed by atoms with van der Waals surface area (Å²) in [5, 5.41) is 9.80. The van der Waals surface area contributed by atoms with Crippen LogP contribution in [0.2, 0.25) is 0 Å². The third-order valence-corrected chi connectivity index (χ3v) is 2.80. The minimum Gasteiger partial charge on any atom is -0.465 e. The van der Waals surface area contributed by atoms with E-state index in [-0.39, 0.29) is 6.04 Å². The molecule has 2 aromatic rings. The van der Waals surface area contributed by atoms with Crippen molar-refractivity contribution in [2.75, 3.05) is 7.11 Å². The highest BCUT2D eigenvalue weighted by molar-refractivity contribution is 5.90. The molecule has 102 valence electrons. The molecular formula is C12H16N4O3. The van der Waals surface area contributed by atoms with Gasteiger partial charge in [0.05, 0.1) is 19.7 Å². The molecule has 19 heavy (non-hydrogen) atoms. The summed E-state index contributed by atoms with van der Waals surface area (Å²) in [6, 6.07) is 1.69. The Bertz CT molecular complexity index is 547. The van der Waals surface area contributed by atoms with Gasteiger partial charge in [-0.3, -0.25) is 5.10 Å². The van der Waals surface area contributed by atoms with Gasteiger partial charge in [-0.1, -0.05) is 0 Å². The first-order valence-corrected chi connectivity index (χ1v) is 5.88. The van der Waals surface area contributed by atoms with Crippen LogP contribution in [0.4, 0.5) is 0 Å². The number of hydrogen-bond donors (Lipinski definition) is 2. The zero-order valence-electron chi connectivity index (χ0n) is 11.1. The van der Waals surface area contributed by atoms with E-state index in [1.807, 2.05) is 6.92 Å². The maximum absolute atomic E-state index is 11.4. The van der Waals surface area contributed by atoms with Crippen molar-refractivity contribution >= 4 is 5.97 Å². The Labute approximate surface area is 110 Å². The summed E-state index contributed by atoms with van der Waals surface area (Å²) in [4.78, 5) is 15.5. The number of furan rings is 1. The monoisotopic (exact) mass is 264 g/mol. The normalized spacial score (nSPS) is 12.4. The number of nitrogens with zero attached hydrogens (tertiary/aromatic N) is 2. The Hall–Kier alpha value is -2.15. The first-order chi connectivity index (χ1) is 9.11. The second kappa shape index (κ2) is 5.66. The first kappa shape index (κ1) is 13.3. The molecule has 0 amide bonds. The molecular weight excluding hydrogens is 248 g/mol. The topological polar surface area (TPSA) is 93.0 Å². The Morgan fingerprint density at radius 1 is 1.63 bits per heavy atom. The van der Waals surface area contributed by atoms with Crippen LogP contribution in [0.25, 0.3) is 0 Å². The number of nitrogens with one attached hydrogen (secondary N) is 2. The van der Waals surface area contributed by atoms with Crippen molar-refractivity contribution in [3.05, 3.63) is 35.3 Å². The Morgan fingerprint density at radius 2 is 2.42 bits per heavy atom. The van der Waals surface area contributed by atoms with Crippen LogP contribution in [-0.4, -0.2) is 28.3 Å². The number of esters is 1. The second-order valence-corrected chi connectivity index (χ2v) is 4.15. The van der Waals surface area contributed by atoms with E-state index in [9.17, 15) is 4.79 Å². The van der Waals surface area contributed by atoms with Crippen LogP contribution in [0.15, 0.2) is 16.8 Å². The molecule has 0 fully saturated rings. The average molecular weight is 264 g/mol. The van der Waals surface area contributed by atoms with E-state index in [2.05, 4.69) is 25.2 Å². The van der Waals surface area contributed by atoms with Gasteiger partial charge in [-0.25, -0.2) is 9.78 Å². The highest BCUT2D eigenvalue weighted by Crippen LogP contribution is 2.16. The average Bonchev–Trinajstić information content (AvgIpc) is 3.04. The van der Waals surface area contributed by atoms with E-state index < -0.39 is 5.97 Å². The molecule has 0 bridgehead atoms. The minimum absolute atomic E-state index is 0.00878. The summed E-state index contributed by atoms with van der Waals surface area (Å²) in [6.07, 6.45) is 1.46. The van der Waals surface area contributed by atoms with Crippen molar-refractivity contribution in [1.82, 2.24) is 20.5 Å². The Kier molecular flexibility index (Phi) is 3.96.